The number of imidazole rings is 1. The van der Waals surface area contributed by atoms with E-state index in [0.717, 1.165) is 5.52 Å². The minimum atomic E-state index is -1.02. The summed E-state index contributed by atoms with van der Waals surface area (Å²) in [5.74, 6) is -1.32. The monoisotopic (exact) mass is 261 g/mol. The third-order valence-electron chi connectivity index (χ3n) is 2.84. The summed E-state index contributed by atoms with van der Waals surface area (Å²) in [7, 11) is 0. The van der Waals surface area contributed by atoms with Crippen molar-refractivity contribution in [3.63, 3.8) is 0 Å². The first kappa shape index (κ1) is 13.1. The van der Waals surface area contributed by atoms with Gasteiger partial charge in [-0.25, -0.2) is 4.98 Å². The van der Waals surface area contributed by atoms with Gasteiger partial charge in [0.15, 0.2) is 0 Å². The predicted molar refractivity (Wildman–Crippen MR) is 69.0 cm³/mol. The van der Waals surface area contributed by atoms with E-state index in [-0.39, 0.29) is 18.5 Å². The molecule has 0 aliphatic carbocycles. The van der Waals surface area contributed by atoms with Gasteiger partial charge in [-0.1, -0.05) is 0 Å². The van der Waals surface area contributed by atoms with Gasteiger partial charge in [-0.3, -0.25) is 9.59 Å². The van der Waals surface area contributed by atoms with Crippen molar-refractivity contribution in [3.8, 4) is 0 Å². The Hall–Kier alpha value is -2.37. The van der Waals surface area contributed by atoms with Crippen molar-refractivity contribution in [2.24, 2.45) is 0 Å². The van der Waals surface area contributed by atoms with Crippen LogP contribution in [0.25, 0.3) is 5.52 Å². The van der Waals surface area contributed by atoms with Crippen LogP contribution in [0.1, 0.15) is 24.2 Å². The summed E-state index contributed by atoms with van der Waals surface area (Å²) in [5, 5.41) is 8.86. The van der Waals surface area contributed by atoms with Gasteiger partial charge in [0.25, 0.3) is 5.91 Å². The van der Waals surface area contributed by atoms with Crippen molar-refractivity contribution in [3.05, 3.63) is 36.4 Å². The Morgan fingerprint density at radius 3 is 2.79 bits per heavy atom. The number of fused-ring (bicyclic) bond motifs is 1. The Labute approximate surface area is 110 Å². The normalized spacial score (nSPS) is 10.9. The van der Waals surface area contributed by atoms with E-state index in [4.69, 9.17) is 5.11 Å². The van der Waals surface area contributed by atoms with Crippen LogP contribution in [0.5, 0.6) is 0 Å². The minimum Gasteiger partial charge on any atom is -0.480 e. The molecule has 0 saturated heterocycles. The average Bonchev–Trinajstić information content (AvgIpc) is 2.81. The van der Waals surface area contributed by atoms with E-state index in [9.17, 15) is 9.59 Å². The summed E-state index contributed by atoms with van der Waals surface area (Å²) < 4.78 is 1.73. The molecule has 100 valence electrons. The van der Waals surface area contributed by atoms with Crippen molar-refractivity contribution < 1.29 is 14.7 Å². The molecule has 0 fully saturated rings. The van der Waals surface area contributed by atoms with Gasteiger partial charge in [0.2, 0.25) is 0 Å². The number of hydrogen-bond donors (Lipinski definition) is 1. The average molecular weight is 261 g/mol. The highest BCUT2D eigenvalue weighted by molar-refractivity contribution is 5.96. The van der Waals surface area contributed by atoms with Gasteiger partial charge >= 0.3 is 5.97 Å². The van der Waals surface area contributed by atoms with Crippen LogP contribution in [0.3, 0.4) is 0 Å². The number of carboxylic acid groups (broad SMARTS) is 1. The molecule has 1 amide bonds. The predicted octanol–water partition coefficient (Wildman–Crippen LogP) is 1.27. The highest BCUT2D eigenvalue weighted by Gasteiger charge is 2.21. The second-order valence-electron chi connectivity index (χ2n) is 4.56. The molecule has 0 bridgehead atoms. The quantitative estimate of drug-likeness (QED) is 0.899. The largest absolute Gasteiger partial charge is 0.480 e. The van der Waals surface area contributed by atoms with Crippen LogP contribution in [0.4, 0.5) is 0 Å². The summed E-state index contributed by atoms with van der Waals surface area (Å²) in [6.45, 7) is 3.27. The highest BCUT2D eigenvalue weighted by Crippen LogP contribution is 2.11. The molecular weight excluding hydrogens is 246 g/mol. The van der Waals surface area contributed by atoms with Crippen molar-refractivity contribution in [1.82, 2.24) is 14.3 Å². The standard InChI is InChI=1S/C13H15N3O3/c1-9(2)16(7-12(17)18)13(19)10-3-4-11-5-14-8-15(11)6-10/h3-6,8-9H,7H2,1-2H3,(H,17,18). The van der Waals surface area contributed by atoms with Crippen LogP contribution in [0, 0.1) is 0 Å². The molecule has 0 radical (unpaired) electrons. The van der Waals surface area contributed by atoms with Gasteiger partial charge < -0.3 is 14.4 Å². The molecule has 6 heteroatoms. The second-order valence-corrected chi connectivity index (χ2v) is 4.56. The van der Waals surface area contributed by atoms with E-state index in [2.05, 4.69) is 4.98 Å². The molecule has 0 atom stereocenters. The molecule has 0 aliphatic heterocycles. The SMILES string of the molecule is CC(C)N(CC(=O)O)C(=O)c1ccc2cncn2c1. The number of hydrogen-bond acceptors (Lipinski definition) is 3. The third kappa shape index (κ3) is 2.73. The molecule has 6 nitrogen and oxygen atoms in total. The second kappa shape index (κ2) is 5.09. The molecule has 1 N–H and O–H groups in total. The van der Waals surface area contributed by atoms with Crippen molar-refractivity contribution in [2.75, 3.05) is 6.54 Å². The number of aromatic nitrogens is 2. The maximum Gasteiger partial charge on any atom is 0.323 e. The lowest BCUT2D eigenvalue weighted by atomic mass is 10.2. The van der Waals surface area contributed by atoms with Gasteiger partial charge in [0, 0.05) is 12.2 Å². The number of rotatable bonds is 4. The zero-order valence-electron chi connectivity index (χ0n) is 10.8. The Kier molecular flexibility index (Phi) is 3.50. The van der Waals surface area contributed by atoms with Gasteiger partial charge in [-0.15, -0.1) is 0 Å². The van der Waals surface area contributed by atoms with Gasteiger partial charge in [0.1, 0.15) is 6.54 Å². The fourth-order valence-corrected chi connectivity index (χ4v) is 1.85. The van der Waals surface area contributed by atoms with Gasteiger partial charge in [-0.2, -0.15) is 0 Å². The lowest BCUT2D eigenvalue weighted by molar-refractivity contribution is -0.138. The Morgan fingerprint density at radius 2 is 2.16 bits per heavy atom. The molecule has 0 aromatic carbocycles. The molecule has 0 spiro atoms. The topological polar surface area (TPSA) is 74.9 Å². The van der Waals surface area contributed by atoms with E-state index >= 15 is 0 Å². The molecule has 19 heavy (non-hydrogen) atoms. The lowest BCUT2D eigenvalue weighted by Gasteiger charge is -2.24. The first-order valence-corrected chi connectivity index (χ1v) is 5.93. The molecule has 0 saturated carbocycles. The van der Waals surface area contributed by atoms with E-state index in [0.29, 0.717) is 5.56 Å². The van der Waals surface area contributed by atoms with Crippen LogP contribution >= 0.6 is 0 Å². The lowest BCUT2D eigenvalue weighted by Crippen LogP contribution is -2.40. The fraction of sp³-hybridized carbons (Fsp3) is 0.308. The summed E-state index contributed by atoms with van der Waals surface area (Å²) in [6, 6.07) is 3.28. The number of carbonyl (C=O) groups excluding carboxylic acids is 1. The summed E-state index contributed by atoms with van der Waals surface area (Å²) in [6.07, 6.45) is 4.94. The number of nitrogens with zero attached hydrogens (tertiary/aromatic N) is 3. The molecule has 0 aliphatic rings. The molecular formula is C13H15N3O3. The maximum atomic E-state index is 12.3. The van der Waals surface area contributed by atoms with Gasteiger partial charge in [0.05, 0.1) is 23.6 Å². The molecule has 2 heterocycles. The first-order valence-electron chi connectivity index (χ1n) is 5.93. The number of amides is 1. The molecule has 0 unspecified atom stereocenters. The van der Waals surface area contributed by atoms with Crippen molar-refractivity contribution in [2.45, 2.75) is 19.9 Å². The van der Waals surface area contributed by atoms with E-state index in [1.54, 1.807) is 49.1 Å². The minimum absolute atomic E-state index is 0.179. The van der Waals surface area contributed by atoms with Gasteiger partial charge in [-0.05, 0) is 26.0 Å². The Balaban J connectivity index is 2.32. The number of carboxylic acids is 1. The van der Waals surface area contributed by atoms with Crippen LogP contribution in [-0.4, -0.2) is 43.9 Å². The Morgan fingerprint density at radius 1 is 1.42 bits per heavy atom. The number of pyridine rings is 1. The Bertz CT molecular complexity index is 618. The van der Waals surface area contributed by atoms with Crippen LogP contribution in [-0.2, 0) is 4.79 Å². The van der Waals surface area contributed by atoms with E-state index in [1.165, 1.54) is 4.90 Å². The van der Waals surface area contributed by atoms with Crippen LogP contribution in [0.2, 0.25) is 0 Å². The van der Waals surface area contributed by atoms with Crippen LogP contribution in [0.15, 0.2) is 30.9 Å². The smallest absolute Gasteiger partial charge is 0.323 e. The third-order valence-corrected chi connectivity index (χ3v) is 2.84. The molecule has 2 aromatic rings. The number of carbonyl (C=O) groups is 2. The zero-order valence-corrected chi connectivity index (χ0v) is 10.8. The first-order chi connectivity index (χ1) is 8.99. The van der Waals surface area contributed by atoms with Crippen molar-refractivity contribution in [1.29, 1.82) is 0 Å². The summed E-state index contributed by atoms with van der Waals surface area (Å²) in [4.78, 5) is 28.4. The summed E-state index contributed by atoms with van der Waals surface area (Å²) in [5.41, 5.74) is 1.33. The number of aliphatic carboxylic acids is 1. The van der Waals surface area contributed by atoms with E-state index in [1.807, 2.05) is 0 Å². The van der Waals surface area contributed by atoms with Crippen LogP contribution < -0.4 is 0 Å². The highest BCUT2D eigenvalue weighted by atomic mass is 16.4. The van der Waals surface area contributed by atoms with E-state index < -0.39 is 5.97 Å². The fourth-order valence-electron chi connectivity index (χ4n) is 1.85. The molecule has 2 aromatic heterocycles. The van der Waals surface area contributed by atoms with Crippen molar-refractivity contribution >= 4 is 17.4 Å². The summed E-state index contributed by atoms with van der Waals surface area (Å²) >= 11 is 0. The zero-order chi connectivity index (χ0) is 14.0. The molecule has 2 rings (SSSR count). The maximum absolute atomic E-state index is 12.3.